The van der Waals surface area contributed by atoms with Crippen LogP contribution in [-0.2, 0) is 4.79 Å². The van der Waals surface area contributed by atoms with Crippen LogP contribution >= 0.6 is 0 Å². The second kappa shape index (κ2) is 7.37. The van der Waals surface area contributed by atoms with E-state index in [1.54, 1.807) is 19.1 Å². The van der Waals surface area contributed by atoms with Crippen LogP contribution in [0.1, 0.15) is 35.7 Å². The quantitative estimate of drug-likeness (QED) is 0.591. The molecular formula is C14H18N2O5. The molecule has 21 heavy (non-hydrogen) atoms. The Kier molecular flexibility index (Phi) is 5.83. The number of carbonyl (C=O) groups is 2. The maximum absolute atomic E-state index is 12.0. The van der Waals surface area contributed by atoms with Crippen molar-refractivity contribution in [2.24, 2.45) is 5.92 Å². The maximum atomic E-state index is 12.0. The summed E-state index contributed by atoms with van der Waals surface area (Å²) in [5.74, 6) is -2.31. The number of nitrogens with one attached hydrogen (secondary N) is 1. The van der Waals surface area contributed by atoms with Gasteiger partial charge in [0.05, 0.1) is 10.8 Å². The van der Waals surface area contributed by atoms with Crippen LogP contribution in [0.4, 0.5) is 5.69 Å². The molecule has 7 nitrogen and oxygen atoms in total. The highest BCUT2D eigenvalue weighted by Gasteiger charge is 2.24. The van der Waals surface area contributed by atoms with Crippen molar-refractivity contribution in [3.8, 4) is 0 Å². The van der Waals surface area contributed by atoms with Crippen molar-refractivity contribution in [1.29, 1.82) is 0 Å². The van der Waals surface area contributed by atoms with E-state index >= 15 is 0 Å². The zero-order valence-electron chi connectivity index (χ0n) is 12.0. The van der Waals surface area contributed by atoms with E-state index in [-0.39, 0.29) is 17.8 Å². The van der Waals surface area contributed by atoms with Crippen molar-refractivity contribution in [1.82, 2.24) is 5.32 Å². The average Bonchev–Trinajstić information content (AvgIpc) is 2.41. The predicted octanol–water partition coefficient (Wildman–Crippen LogP) is 2.13. The summed E-state index contributed by atoms with van der Waals surface area (Å²) in [4.78, 5) is 33.5. The van der Waals surface area contributed by atoms with E-state index in [4.69, 9.17) is 5.11 Å². The molecule has 1 rings (SSSR count). The van der Waals surface area contributed by atoms with Crippen LogP contribution in [-0.4, -0.2) is 28.5 Å². The predicted molar refractivity (Wildman–Crippen MR) is 76.2 cm³/mol. The fourth-order valence-electron chi connectivity index (χ4n) is 2.06. The number of carboxylic acids is 1. The smallest absolute Gasteiger partial charge is 0.308 e. The van der Waals surface area contributed by atoms with Crippen molar-refractivity contribution in [2.75, 3.05) is 6.54 Å². The Bertz CT molecular complexity index is 556. The number of hydrogen-bond donors (Lipinski definition) is 2. The minimum atomic E-state index is -0.990. The number of rotatable bonds is 7. The van der Waals surface area contributed by atoms with E-state index in [9.17, 15) is 19.7 Å². The van der Waals surface area contributed by atoms with Crippen LogP contribution < -0.4 is 5.32 Å². The Labute approximate surface area is 122 Å². The molecule has 114 valence electrons. The topological polar surface area (TPSA) is 110 Å². The summed E-state index contributed by atoms with van der Waals surface area (Å²) >= 11 is 0. The van der Waals surface area contributed by atoms with Crippen LogP contribution in [0, 0.1) is 23.0 Å². The molecule has 1 amide bonds. The second-order valence-electron chi connectivity index (χ2n) is 4.76. The molecule has 0 aliphatic heterocycles. The van der Waals surface area contributed by atoms with Crippen molar-refractivity contribution in [2.45, 2.75) is 26.7 Å². The molecule has 2 N–H and O–H groups in total. The van der Waals surface area contributed by atoms with Gasteiger partial charge >= 0.3 is 5.97 Å². The lowest BCUT2D eigenvalue weighted by Gasteiger charge is -2.12. The van der Waals surface area contributed by atoms with Crippen LogP contribution in [0.5, 0.6) is 0 Å². The first-order chi connectivity index (χ1) is 9.88. The first kappa shape index (κ1) is 16.6. The van der Waals surface area contributed by atoms with Crippen LogP contribution in [0.2, 0.25) is 0 Å². The minimum Gasteiger partial charge on any atom is -0.481 e. The standard InChI is InChI=1S/C14H18N2O5/c1-3-5-10(14(18)19)8-15-13(17)11-7-4-6-9(2)12(11)16(20)21/h4,6-7,10H,3,5,8H2,1-2H3,(H,15,17)(H,18,19). The fraction of sp³-hybridized carbons (Fsp3) is 0.429. The Morgan fingerprint density at radius 2 is 2.10 bits per heavy atom. The van der Waals surface area contributed by atoms with Gasteiger partial charge in [-0.25, -0.2) is 0 Å². The SMILES string of the molecule is CCCC(CNC(=O)c1cccc(C)c1[N+](=O)[O-])C(=O)O. The molecule has 0 saturated carbocycles. The number of carboxylic acid groups (broad SMARTS) is 1. The molecule has 0 radical (unpaired) electrons. The number of hydrogen-bond acceptors (Lipinski definition) is 4. The van der Waals surface area contributed by atoms with Gasteiger partial charge in [0.2, 0.25) is 0 Å². The van der Waals surface area contributed by atoms with Crippen molar-refractivity contribution >= 4 is 17.6 Å². The Balaban J connectivity index is 2.88. The summed E-state index contributed by atoms with van der Waals surface area (Å²) in [5, 5.41) is 22.5. The molecule has 0 aliphatic carbocycles. The highest BCUT2D eigenvalue weighted by molar-refractivity contribution is 5.98. The molecule has 0 bridgehead atoms. The van der Waals surface area contributed by atoms with Gasteiger partial charge in [0.1, 0.15) is 5.56 Å². The third kappa shape index (κ3) is 4.27. The van der Waals surface area contributed by atoms with Gasteiger partial charge in [0.15, 0.2) is 0 Å². The summed E-state index contributed by atoms with van der Waals surface area (Å²) in [6.07, 6.45) is 1.11. The van der Waals surface area contributed by atoms with Gasteiger partial charge in [-0.05, 0) is 19.4 Å². The number of aliphatic carboxylic acids is 1. The number of aryl methyl sites for hydroxylation is 1. The molecular weight excluding hydrogens is 276 g/mol. The monoisotopic (exact) mass is 294 g/mol. The molecule has 0 saturated heterocycles. The molecule has 1 unspecified atom stereocenters. The maximum Gasteiger partial charge on any atom is 0.308 e. The summed E-state index contributed by atoms with van der Waals surface area (Å²) < 4.78 is 0. The third-order valence-electron chi connectivity index (χ3n) is 3.16. The summed E-state index contributed by atoms with van der Waals surface area (Å²) in [7, 11) is 0. The van der Waals surface area contributed by atoms with Crippen molar-refractivity contribution in [3.63, 3.8) is 0 Å². The van der Waals surface area contributed by atoms with Gasteiger partial charge in [0, 0.05) is 12.1 Å². The molecule has 1 atom stereocenters. The number of para-hydroxylation sites is 1. The average molecular weight is 294 g/mol. The molecule has 0 heterocycles. The van der Waals surface area contributed by atoms with E-state index in [2.05, 4.69) is 5.32 Å². The van der Waals surface area contributed by atoms with Gasteiger partial charge < -0.3 is 10.4 Å². The van der Waals surface area contributed by atoms with E-state index in [0.29, 0.717) is 18.4 Å². The molecule has 0 spiro atoms. The normalized spacial score (nSPS) is 11.7. The lowest BCUT2D eigenvalue weighted by Crippen LogP contribution is -2.33. The summed E-state index contributed by atoms with van der Waals surface area (Å²) in [5.41, 5.74) is 0.0778. The van der Waals surface area contributed by atoms with E-state index in [0.717, 1.165) is 0 Å². The Morgan fingerprint density at radius 1 is 1.43 bits per heavy atom. The van der Waals surface area contributed by atoms with Gasteiger partial charge in [-0.2, -0.15) is 0 Å². The molecule has 0 aromatic heterocycles. The molecule has 0 aliphatic rings. The van der Waals surface area contributed by atoms with Crippen molar-refractivity contribution in [3.05, 3.63) is 39.4 Å². The van der Waals surface area contributed by atoms with E-state index in [1.165, 1.54) is 6.07 Å². The zero-order valence-corrected chi connectivity index (χ0v) is 12.0. The number of nitrogens with zero attached hydrogens (tertiary/aromatic N) is 1. The first-order valence-electron chi connectivity index (χ1n) is 6.63. The van der Waals surface area contributed by atoms with Gasteiger partial charge in [-0.15, -0.1) is 0 Å². The van der Waals surface area contributed by atoms with E-state index in [1.807, 2.05) is 6.92 Å². The zero-order chi connectivity index (χ0) is 16.0. The number of nitro benzene ring substituents is 1. The molecule has 1 aromatic rings. The highest BCUT2D eigenvalue weighted by Crippen LogP contribution is 2.22. The molecule has 7 heteroatoms. The highest BCUT2D eigenvalue weighted by atomic mass is 16.6. The lowest BCUT2D eigenvalue weighted by molar-refractivity contribution is -0.385. The molecule has 1 aromatic carbocycles. The summed E-state index contributed by atoms with van der Waals surface area (Å²) in [6, 6.07) is 4.46. The van der Waals surface area contributed by atoms with Crippen LogP contribution in [0.15, 0.2) is 18.2 Å². The number of benzene rings is 1. The van der Waals surface area contributed by atoms with Gasteiger partial charge in [0.25, 0.3) is 11.6 Å². The Morgan fingerprint density at radius 3 is 2.62 bits per heavy atom. The molecule has 0 fully saturated rings. The minimum absolute atomic E-state index is 0.0485. The van der Waals surface area contributed by atoms with Crippen molar-refractivity contribution < 1.29 is 19.6 Å². The first-order valence-corrected chi connectivity index (χ1v) is 6.63. The summed E-state index contributed by atoms with van der Waals surface area (Å²) in [6.45, 7) is 3.35. The lowest BCUT2D eigenvalue weighted by atomic mass is 10.0. The largest absolute Gasteiger partial charge is 0.481 e. The third-order valence-corrected chi connectivity index (χ3v) is 3.16. The van der Waals surface area contributed by atoms with Gasteiger partial charge in [-0.1, -0.05) is 25.5 Å². The number of amides is 1. The fourth-order valence-corrected chi connectivity index (χ4v) is 2.06. The number of carbonyl (C=O) groups excluding carboxylic acids is 1. The van der Waals surface area contributed by atoms with Gasteiger partial charge in [-0.3, -0.25) is 19.7 Å². The van der Waals surface area contributed by atoms with E-state index < -0.39 is 22.7 Å². The second-order valence-corrected chi connectivity index (χ2v) is 4.76. The van der Waals surface area contributed by atoms with Crippen LogP contribution in [0.25, 0.3) is 0 Å². The number of nitro groups is 1. The van der Waals surface area contributed by atoms with Crippen LogP contribution in [0.3, 0.4) is 0 Å². The Hall–Kier alpha value is -2.44.